The number of imidazole rings is 1. The van der Waals surface area contributed by atoms with Crippen molar-refractivity contribution in [2.45, 2.75) is 19.3 Å². The molecule has 1 aliphatic heterocycles. The molecule has 0 aliphatic carbocycles. The van der Waals surface area contributed by atoms with E-state index in [9.17, 15) is 9.59 Å². The highest BCUT2D eigenvalue weighted by atomic mass is 16.2. The van der Waals surface area contributed by atoms with E-state index in [4.69, 9.17) is 5.73 Å². The van der Waals surface area contributed by atoms with Crippen molar-refractivity contribution < 1.29 is 9.59 Å². The minimum Gasteiger partial charge on any atom is -0.366 e. The van der Waals surface area contributed by atoms with E-state index in [1.54, 1.807) is 19.1 Å². The van der Waals surface area contributed by atoms with Gasteiger partial charge in [0.25, 0.3) is 5.91 Å². The number of primary amides is 1. The summed E-state index contributed by atoms with van der Waals surface area (Å²) in [4.78, 5) is 32.3. The molecule has 0 spiro atoms. The first-order valence-corrected chi connectivity index (χ1v) is 6.60. The monoisotopic (exact) mass is 272 g/mol. The van der Waals surface area contributed by atoms with E-state index in [1.807, 2.05) is 11.0 Å². The summed E-state index contributed by atoms with van der Waals surface area (Å²) in [6.07, 6.45) is 0.880. The molecule has 6 nitrogen and oxygen atoms in total. The summed E-state index contributed by atoms with van der Waals surface area (Å²) >= 11 is 0. The average Bonchev–Trinajstić information content (AvgIpc) is 3.04. The Labute approximate surface area is 116 Å². The number of nitrogens with zero attached hydrogens (tertiary/aromatic N) is 2. The Kier molecular flexibility index (Phi) is 2.93. The van der Waals surface area contributed by atoms with E-state index in [0.29, 0.717) is 17.6 Å². The first-order valence-electron chi connectivity index (χ1n) is 6.60. The summed E-state index contributed by atoms with van der Waals surface area (Å²) in [5.74, 6) is 0.608. The number of para-hydroxylation sites is 1. The molecular weight excluding hydrogens is 256 g/mol. The number of H-pyrrole nitrogens is 1. The molecule has 1 atom stereocenters. The molecule has 1 aliphatic rings. The lowest BCUT2D eigenvalue weighted by molar-refractivity contribution is -0.127. The van der Waals surface area contributed by atoms with Gasteiger partial charge >= 0.3 is 0 Å². The normalized spacial score (nSPS) is 18.6. The van der Waals surface area contributed by atoms with Crippen LogP contribution < -0.4 is 5.73 Å². The third-order valence-electron chi connectivity index (χ3n) is 3.82. The molecule has 1 aromatic carbocycles. The van der Waals surface area contributed by atoms with Crippen LogP contribution >= 0.6 is 0 Å². The summed E-state index contributed by atoms with van der Waals surface area (Å²) in [7, 11) is 0. The molecule has 1 aromatic heterocycles. The van der Waals surface area contributed by atoms with Gasteiger partial charge in [-0.25, -0.2) is 4.98 Å². The number of carbonyl (C=O) groups is 2. The van der Waals surface area contributed by atoms with Crippen LogP contribution in [-0.4, -0.2) is 39.8 Å². The number of amides is 2. The van der Waals surface area contributed by atoms with Crippen molar-refractivity contribution in [3.8, 4) is 0 Å². The van der Waals surface area contributed by atoms with Gasteiger partial charge in [-0.2, -0.15) is 0 Å². The lowest BCUT2D eigenvalue weighted by Gasteiger charge is -2.12. The second kappa shape index (κ2) is 4.63. The van der Waals surface area contributed by atoms with Crippen molar-refractivity contribution >= 4 is 22.8 Å². The van der Waals surface area contributed by atoms with Crippen LogP contribution in [0.2, 0.25) is 0 Å². The molecule has 1 saturated heterocycles. The van der Waals surface area contributed by atoms with Crippen LogP contribution in [0, 0.1) is 0 Å². The molecule has 3 N–H and O–H groups in total. The maximum Gasteiger partial charge on any atom is 0.250 e. The molecule has 1 unspecified atom stereocenters. The van der Waals surface area contributed by atoms with E-state index in [-0.39, 0.29) is 11.8 Å². The number of hydrogen-bond acceptors (Lipinski definition) is 3. The zero-order chi connectivity index (χ0) is 14.3. The second-order valence-corrected chi connectivity index (χ2v) is 5.14. The van der Waals surface area contributed by atoms with Gasteiger partial charge < -0.3 is 15.6 Å². The number of likely N-dealkylation sites (tertiary alicyclic amines) is 1. The van der Waals surface area contributed by atoms with Crippen molar-refractivity contribution in [2.75, 3.05) is 13.1 Å². The molecule has 2 amide bonds. The molecule has 0 saturated carbocycles. The number of rotatable bonds is 2. The van der Waals surface area contributed by atoms with Crippen LogP contribution in [0.5, 0.6) is 0 Å². The fourth-order valence-electron chi connectivity index (χ4n) is 2.71. The maximum atomic E-state index is 11.4. The average molecular weight is 272 g/mol. The van der Waals surface area contributed by atoms with Gasteiger partial charge in [0, 0.05) is 25.9 Å². The molecule has 104 valence electrons. The molecule has 2 heterocycles. The molecule has 3 rings (SSSR count). The van der Waals surface area contributed by atoms with Crippen LogP contribution in [0.4, 0.5) is 0 Å². The minimum absolute atomic E-state index is 0.0847. The lowest BCUT2D eigenvalue weighted by Crippen LogP contribution is -2.25. The Balaban J connectivity index is 1.96. The summed E-state index contributed by atoms with van der Waals surface area (Å²) in [6, 6.07) is 5.32. The maximum absolute atomic E-state index is 11.4. The second-order valence-electron chi connectivity index (χ2n) is 5.14. The molecule has 0 bridgehead atoms. The van der Waals surface area contributed by atoms with E-state index in [1.165, 1.54) is 0 Å². The number of nitrogens with one attached hydrogen (secondary N) is 1. The number of hydrogen-bond donors (Lipinski definition) is 2. The first-order chi connectivity index (χ1) is 9.56. The SMILES string of the molecule is CC(=O)N1CCC(c2nc3c(C(N)=O)cccc3[nH]2)C1. The quantitative estimate of drug-likeness (QED) is 0.854. The highest BCUT2D eigenvalue weighted by Gasteiger charge is 2.28. The van der Waals surface area contributed by atoms with Crippen LogP contribution in [0.25, 0.3) is 11.0 Å². The van der Waals surface area contributed by atoms with Crippen molar-refractivity contribution in [2.24, 2.45) is 5.73 Å². The molecular formula is C14H16N4O2. The summed E-state index contributed by atoms with van der Waals surface area (Å²) in [5, 5.41) is 0. The Morgan fingerprint density at radius 2 is 2.25 bits per heavy atom. The third kappa shape index (κ3) is 2.03. The van der Waals surface area contributed by atoms with Crippen LogP contribution in [0.3, 0.4) is 0 Å². The van der Waals surface area contributed by atoms with Gasteiger partial charge in [0.15, 0.2) is 0 Å². The van der Waals surface area contributed by atoms with Crippen molar-refractivity contribution in [3.05, 3.63) is 29.6 Å². The highest BCUT2D eigenvalue weighted by Crippen LogP contribution is 2.27. The van der Waals surface area contributed by atoms with Gasteiger partial charge in [-0.3, -0.25) is 9.59 Å². The number of nitrogens with two attached hydrogens (primary N) is 1. The summed E-state index contributed by atoms with van der Waals surface area (Å²) in [6.45, 7) is 2.99. The number of aromatic amines is 1. The fourth-order valence-corrected chi connectivity index (χ4v) is 2.71. The minimum atomic E-state index is -0.481. The van der Waals surface area contributed by atoms with Crippen molar-refractivity contribution in [1.82, 2.24) is 14.9 Å². The zero-order valence-electron chi connectivity index (χ0n) is 11.2. The van der Waals surface area contributed by atoms with E-state index >= 15 is 0 Å². The Morgan fingerprint density at radius 3 is 2.90 bits per heavy atom. The predicted molar refractivity (Wildman–Crippen MR) is 74.2 cm³/mol. The molecule has 2 aromatic rings. The summed E-state index contributed by atoms with van der Waals surface area (Å²) < 4.78 is 0. The lowest BCUT2D eigenvalue weighted by atomic mass is 10.1. The number of fused-ring (bicyclic) bond motifs is 1. The Bertz CT molecular complexity index is 692. The van der Waals surface area contributed by atoms with Gasteiger partial charge in [-0.05, 0) is 18.6 Å². The van der Waals surface area contributed by atoms with Gasteiger partial charge in [0.2, 0.25) is 5.91 Å². The van der Waals surface area contributed by atoms with E-state index < -0.39 is 5.91 Å². The van der Waals surface area contributed by atoms with Crippen LogP contribution in [0.15, 0.2) is 18.2 Å². The topological polar surface area (TPSA) is 92.1 Å². The standard InChI is InChI=1S/C14H16N4O2/c1-8(19)18-6-5-9(7-18)14-16-11-4-2-3-10(13(15)20)12(11)17-14/h2-4,9H,5-7H2,1H3,(H2,15,20)(H,16,17). The molecule has 1 fully saturated rings. The smallest absolute Gasteiger partial charge is 0.250 e. The van der Waals surface area contributed by atoms with Gasteiger partial charge in [-0.1, -0.05) is 6.07 Å². The fraction of sp³-hybridized carbons (Fsp3) is 0.357. The van der Waals surface area contributed by atoms with Crippen molar-refractivity contribution in [3.63, 3.8) is 0 Å². The number of carbonyl (C=O) groups excluding carboxylic acids is 2. The highest BCUT2D eigenvalue weighted by molar-refractivity contribution is 6.04. The van der Waals surface area contributed by atoms with Crippen LogP contribution in [-0.2, 0) is 4.79 Å². The Morgan fingerprint density at radius 1 is 1.45 bits per heavy atom. The van der Waals surface area contributed by atoms with Gasteiger partial charge in [0.05, 0.1) is 11.1 Å². The van der Waals surface area contributed by atoms with Crippen LogP contribution in [0.1, 0.15) is 35.4 Å². The van der Waals surface area contributed by atoms with Gasteiger partial charge in [-0.15, -0.1) is 0 Å². The zero-order valence-corrected chi connectivity index (χ0v) is 11.2. The molecule has 20 heavy (non-hydrogen) atoms. The molecule has 0 radical (unpaired) electrons. The third-order valence-corrected chi connectivity index (χ3v) is 3.82. The first kappa shape index (κ1) is 12.7. The van der Waals surface area contributed by atoms with Crippen molar-refractivity contribution in [1.29, 1.82) is 0 Å². The molecule has 6 heteroatoms. The van der Waals surface area contributed by atoms with E-state index in [2.05, 4.69) is 9.97 Å². The summed E-state index contributed by atoms with van der Waals surface area (Å²) in [5.41, 5.74) is 7.19. The number of benzene rings is 1. The van der Waals surface area contributed by atoms with Gasteiger partial charge in [0.1, 0.15) is 11.3 Å². The van der Waals surface area contributed by atoms with E-state index in [0.717, 1.165) is 24.3 Å². The Hall–Kier alpha value is -2.37. The predicted octanol–water partition coefficient (Wildman–Crippen LogP) is 0.998. The largest absolute Gasteiger partial charge is 0.366 e. The number of aromatic nitrogens is 2.